The predicted octanol–water partition coefficient (Wildman–Crippen LogP) is 4.57. The van der Waals surface area contributed by atoms with Crippen LogP contribution in [-0.4, -0.2) is 9.97 Å². The van der Waals surface area contributed by atoms with Gasteiger partial charge in [-0.25, -0.2) is 9.97 Å². The Morgan fingerprint density at radius 3 is 2.53 bits per heavy atom. The molecule has 1 aromatic heterocycles. The van der Waals surface area contributed by atoms with E-state index in [2.05, 4.69) is 39.7 Å². The highest BCUT2D eigenvalue weighted by Gasteiger charge is 2.15. The van der Waals surface area contributed by atoms with E-state index in [1.807, 2.05) is 25.1 Å². The molecular formula is C14H15BrClN3. The zero-order chi connectivity index (χ0) is 14.2. The zero-order valence-corrected chi connectivity index (χ0v) is 13.4. The highest BCUT2D eigenvalue weighted by atomic mass is 79.9. The molecule has 0 saturated heterocycles. The summed E-state index contributed by atoms with van der Waals surface area (Å²) in [6.07, 6.45) is 0. The van der Waals surface area contributed by atoms with E-state index in [0.717, 1.165) is 21.3 Å². The Kier molecular flexibility index (Phi) is 4.11. The van der Waals surface area contributed by atoms with E-state index in [-0.39, 0.29) is 0 Å². The van der Waals surface area contributed by atoms with Gasteiger partial charge in [-0.2, -0.15) is 0 Å². The fourth-order valence-corrected chi connectivity index (χ4v) is 2.70. The molecule has 0 aliphatic heterocycles. The van der Waals surface area contributed by atoms with E-state index < -0.39 is 0 Å². The summed E-state index contributed by atoms with van der Waals surface area (Å²) in [5.74, 6) is 1.43. The average molecular weight is 341 g/mol. The first kappa shape index (κ1) is 14.3. The topological polar surface area (TPSA) is 51.8 Å². The molecule has 2 rings (SSSR count). The SMILES string of the molecule is Cc1nc(-c2cc(Cl)ccc2Br)nc(N)c1C(C)C. The van der Waals surface area contributed by atoms with Gasteiger partial charge in [-0.05, 0) is 31.0 Å². The van der Waals surface area contributed by atoms with Crippen molar-refractivity contribution in [1.82, 2.24) is 9.97 Å². The van der Waals surface area contributed by atoms with E-state index >= 15 is 0 Å². The van der Waals surface area contributed by atoms with Crippen LogP contribution < -0.4 is 5.73 Å². The molecule has 0 fully saturated rings. The molecule has 1 aromatic carbocycles. The Morgan fingerprint density at radius 2 is 1.95 bits per heavy atom. The highest BCUT2D eigenvalue weighted by molar-refractivity contribution is 9.10. The van der Waals surface area contributed by atoms with Crippen molar-refractivity contribution in [3.63, 3.8) is 0 Å². The van der Waals surface area contributed by atoms with Crippen LogP contribution in [0.2, 0.25) is 5.02 Å². The molecule has 0 saturated carbocycles. The van der Waals surface area contributed by atoms with E-state index in [0.29, 0.717) is 22.6 Å². The smallest absolute Gasteiger partial charge is 0.162 e. The van der Waals surface area contributed by atoms with Crippen LogP contribution in [0, 0.1) is 6.92 Å². The van der Waals surface area contributed by atoms with E-state index in [1.165, 1.54) is 0 Å². The number of hydrogen-bond donors (Lipinski definition) is 1. The monoisotopic (exact) mass is 339 g/mol. The van der Waals surface area contributed by atoms with Crippen molar-refractivity contribution in [1.29, 1.82) is 0 Å². The Balaban J connectivity index is 2.62. The third-order valence-corrected chi connectivity index (χ3v) is 3.84. The fourth-order valence-electron chi connectivity index (χ4n) is 2.11. The van der Waals surface area contributed by atoms with Crippen LogP contribution in [-0.2, 0) is 0 Å². The van der Waals surface area contributed by atoms with Gasteiger partial charge in [0, 0.05) is 26.3 Å². The van der Waals surface area contributed by atoms with Crippen molar-refractivity contribution in [3.05, 3.63) is 39.0 Å². The maximum atomic E-state index is 6.05. The number of nitrogen functional groups attached to an aromatic ring is 1. The molecule has 3 nitrogen and oxygen atoms in total. The minimum atomic E-state index is 0.303. The summed E-state index contributed by atoms with van der Waals surface area (Å²) in [7, 11) is 0. The van der Waals surface area contributed by atoms with Crippen molar-refractivity contribution in [2.24, 2.45) is 0 Å². The van der Waals surface area contributed by atoms with Crippen LogP contribution in [0.1, 0.15) is 31.0 Å². The highest BCUT2D eigenvalue weighted by Crippen LogP contribution is 2.31. The van der Waals surface area contributed by atoms with Crippen LogP contribution in [0.5, 0.6) is 0 Å². The molecule has 0 spiro atoms. The average Bonchev–Trinajstić information content (AvgIpc) is 2.30. The Bertz CT molecular complexity index is 603. The van der Waals surface area contributed by atoms with Crippen LogP contribution in [0.15, 0.2) is 22.7 Å². The van der Waals surface area contributed by atoms with Gasteiger partial charge in [0.25, 0.3) is 0 Å². The summed E-state index contributed by atoms with van der Waals surface area (Å²) in [6, 6.07) is 5.52. The van der Waals surface area contributed by atoms with Crippen molar-refractivity contribution in [2.75, 3.05) is 5.73 Å². The molecule has 100 valence electrons. The second-order valence-electron chi connectivity index (χ2n) is 4.71. The second-order valence-corrected chi connectivity index (χ2v) is 6.00. The number of rotatable bonds is 2. The van der Waals surface area contributed by atoms with Gasteiger partial charge in [-0.1, -0.05) is 41.4 Å². The van der Waals surface area contributed by atoms with Gasteiger partial charge in [0.2, 0.25) is 0 Å². The number of nitrogens with zero attached hydrogens (tertiary/aromatic N) is 2. The molecule has 2 N–H and O–H groups in total. The third kappa shape index (κ3) is 2.90. The molecule has 0 bridgehead atoms. The van der Waals surface area contributed by atoms with Gasteiger partial charge in [0.05, 0.1) is 0 Å². The van der Waals surface area contributed by atoms with Crippen molar-refractivity contribution < 1.29 is 0 Å². The lowest BCUT2D eigenvalue weighted by Gasteiger charge is -2.13. The number of hydrogen-bond acceptors (Lipinski definition) is 3. The lowest BCUT2D eigenvalue weighted by atomic mass is 10.0. The minimum absolute atomic E-state index is 0.303. The van der Waals surface area contributed by atoms with Gasteiger partial charge in [0.1, 0.15) is 5.82 Å². The summed E-state index contributed by atoms with van der Waals surface area (Å²) in [5, 5.41) is 0.644. The van der Waals surface area contributed by atoms with E-state index in [1.54, 1.807) is 0 Å². The van der Waals surface area contributed by atoms with Gasteiger partial charge in [-0.3, -0.25) is 0 Å². The first-order valence-corrected chi connectivity index (χ1v) is 7.16. The molecular weight excluding hydrogens is 326 g/mol. The van der Waals surface area contributed by atoms with Crippen LogP contribution >= 0.6 is 27.5 Å². The molecule has 2 aromatic rings. The summed E-state index contributed by atoms with van der Waals surface area (Å²) < 4.78 is 0.896. The van der Waals surface area contributed by atoms with E-state index in [9.17, 15) is 0 Å². The standard InChI is InChI=1S/C14H15BrClN3/c1-7(2)12-8(3)18-14(19-13(12)17)10-6-9(16)4-5-11(10)15/h4-7H,1-3H3,(H2,17,18,19). The molecule has 1 heterocycles. The Hall–Kier alpha value is -1.13. The third-order valence-electron chi connectivity index (χ3n) is 2.91. The van der Waals surface area contributed by atoms with Crippen molar-refractivity contribution in [3.8, 4) is 11.4 Å². The van der Waals surface area contributed by atoms with E-state index in [4.69, 9.17) is 17.3 Å². The number of aromatic nitrogens is 2. The van der Waals surface area contributed by atoms with Crippen LogP contribution in [0.4, 0.5) is 5.82 Å². The van der Waals surface area contributed by atoms with Crippen LogP contribution in [0.3, 0.4) is 0 Å². The minimum Gasteiger partial charge on any atom is -0.383 e. The number of benzene rings is 1. The normalized spacial score (nSPS) is 11.1. The number of anilines is 1. The van der Waals surface area contributed by atoms with Crippen molar-refractivity contribution >= 4 is 33.3 Å². The lowest BCUT2D eigenvalue weighted by Crippen LogP contribution is -2.06. The van der Waals surface area contributed by atoms with Gasteiger partial charge in [0.15, 0.2) is 5.82 Å². The van der Waals surface area contributed by atoms with Gasteiger partial charge < -0.3 is 5.73 Å². The largest absolute Gasteiger partial charge is 0.383 e. The summed E-state index contributed by atoms with van der Waals surface area (Å²) >= 11 is 9.50. The fraction of sp³-hybridized carbons (Fsp3) is 0.286. The Morgan fingerprint density at radius 1 is 1.26 bits per heavy atom. The first-order chi connectivity index (χ1) is 8.90. The first-order valence-electron chi connectivity index (χ1n) is 5.99. The number of aryl methyl sites for hydroxylation is 1. The molecule has 0 radical (unpaired) electrons. The van der Waals surface area contributed by atoms with Gasteiger partial charge in [-0.15, -0.1) is 0 Å². The molecule has 0 amide bonds. The Labute approximate surface area is 126 Å². The summed E-state index contributed by atoms with van der Waals surface area (Å²) in [6.45, 7) is 6.11. The molecule has 0 aliphatic rings. The van der Waals surface area contributed by atoms with Crippen LogP contribution in [0.25, 0.3) is 11.4 Å². The predicted molar refractivity (Wildman–Crippen MR) is 83.4 cm³/mol. The maximum Gasteiger partial charge on any atom is 0.162 e. The summed E-state index contributed by atoms with van der Waals surface area (Å²) in [5.41, 5.74) is 8.80. The molecule has 0 aliphatic carbocycles. The molecule has 19 heavy (non-hydrogen) atoms. The molecule has 0 unspecified atom stereocenters. The number of halogens is 2. The zero-order valence-electron chi connectivity index (χ0n) is 11.0. The molecule has 5 heteroatoms. The van der Waals surface area contributed by atoms with Gasteiger partial charge >= 0.3 is 0 Å². The quantitative estimate of drug-likeness (QED) is 0.871. The second kappa shape index (κ2) is 5.47. The molecule has 0 atom stereocenters. The maximum absolute atomic E-state index is 6.05. The summed E-state index contributed by atoms with van der Waals surface area (Å²) in [4.78, 5) is 8.95. The number of nitrogens with two attached hydrogens (primary N) is 1. The lowest BCUT2D eigenvalue weighted by molar-refractivity contribution is 0.836. The van der Waals surface area contributed by atoms with Crippen molar-refractivity contribution in [2.45, 2.75) is 26.7 Å².